The van der Waals surface area contributed by atoms with E-state index in [1.54, 1.807) is 0 Å². The van der Waals surface area contributed by atoms with Gasteiger partial charge in [0.1, 0.15) is 0 Å². The molecule has 1 N–H and O–H groups in total. The van der Waals surface area contributed by atoms with Gasteiger partial charge >= 0.3 is 0 Å². The topological polar surface area (TPSA) is 15.8 Å². The van der Waals surface area contributed by atoms with Crippen LogP contribution in [0.5, 0.6) is 0 Å². The average Bonchev–Trinajstić information content (AvgIpc) is 2.85. The van der Waals surface area contributed by atoms with Crippen LogP contribution in [0.2, 0.25) is 0 Å². The van der Waals surface area contributed by atoms with Crippen molar-refractivity contribution in [1.82, 2.24) is 4.98 Å². The van der Waals surface area contributed by atoms with Gasteiger partial charge in [-0.25, -0.2) is 0 Å². The minimum Gasteiger partial charge on any atom is -0.355 e. The third kappa shape index (κ3) is 2.87. The number of nitrogens with one attached hydrogen (secondary N) is 1. The molecule has 1 heterocycles. The second-order valence-electron chi connectivity index (χ2n) is 5.29. The van der Waals surface area contributed by atoms with E-state index in [2.05, 4.69) is 61.8 Å². The van der Waals surface area contributed by atoms with Crippen molar-refractivity contribution in [1.29, 1.82) is 0 Å². The second-order valence-corrected chi connectivity index (χ2v) is 5.29. The number of rotatable bonds is 2. The van der Waals surface area contributed by atoms with Crippen molar-refractivity contribution in [2.45, 2.75) is 34.1 Å². The fourth-order valence-corrected chi connectivity index (χ4v) is 2.87. The summed E-state index contributed by atoms with van der Waals surface area (Å²) in [5.74, 6) is 0.632. The first-order valence-electron chi connectivity index (χ1n) is 7.85. The van der Waals surface area contributed by atoms with Crippen LogP contribution in [-0.4, -0.2) is 4.98 Å². The number of H-pyrrole nitrogens is 1. The molecule has 1 atom stereocenters. The molecule has 0 aliphatic heterocycles. The van der Waals surface area contributed by atoms with Gasteiger partial charge in [0, 0.05) is 22.2 Å². The molecule has 0 saturated carbocycles. The van der Waals surface area contributed by atoms with E-state index in [1.165, 1.54) is 27.6 Å². The molecule has 1 aliphatic carbocycles. The van der Waals surface area contributed by atoms with E-state index in [9.17, 15) is 0 Å². The lowest BCUT2D eigenvalue weighted by molar-refractivity contribution is 0.718. The SMILES string of the molecule is C=Cc1[nH]c2cc3c(cc2c1/C=C\C)CC(C)C=C3.CC. The van der Waals surface area contributed by atoms with E-state index in [4.69, 9.17) is 0 Å². The molecule has 1 heteroatoms. The van der Waals surface area contributed by atoms with E-state index < -0.39 is 0 Å². The van der Waals surface area contributed by atoms with Gasteiger partial charge in [-0.2, -0.15) is 0 Å². The number of hydrogen-bond donors (Lipinski definition) is 1. The Hall–Kier alpha value is -2.02. The van der Waals surface area contributed by atoms with Gasteiger partial charge < -0.3 is 4.98 Å². The van der Waals surface area contributed by atoms with Crippen LogP contribution in [0.1, 0.15) is 50.1 Å². The van der Waals surface area contributed by atoms with Crippen LogP contribution >= 0.6 is 0 Å². The molecule has 1 aliphatic rings. The molecule has 110 valence electrons. The molecule has 21 heavy (non-hydrogen) atoms. The Morgan fingerprint density at radius 1 is 1.29 bits per heavy atom. The Morgan fingerprint density at radius 3 is 2.71 bits per heavy atom. The first kappa shape index (κ1) is 15.4. The number of aromatic nitrogens is 1. The summed E-state index contributed by atoms with van der Waals surface area (Å²) in [6, 6.07) is 4.59. The van der Waals surface area contributed by atoms with Gasteiger partial charge in [0.05, 0.1) is 0 Å². The highest BCUT2D eigenvalue weighted by molar-refractivity contribution is 5.95. The third-order valence-electron chi connectivity index (χ3n) is 3.81. The molecule has 0 spiro atoms. The van der Waals surface area contributed by atoms with Crippen molar-refractivity contribution >= 4 is 29.1 Å². The fourth-order valence-electron chi connectivity index (χ4n) is 2.87. The summed E-state index contributed by atoms with van der Waals surface area (Å²) in [5.41, 5.74) is 6.34. The Labute approximate surface area is 128 Å². The standard InChI is InChI=1S/C18H19N.C2H6/c1-4-6-15-16-10-14-9-12(3)7-8-13(14)11-18(16)19-17(15)5-2;1-2/h4-8,10-12,19H,2,9H2,1,3H3;1-2H3/b6-4-;. The molecule has 3 rings (SSSR count). The monoisotopic (exact) mass is 279 g/mol. The summed E-state index contributed by atoms with van der Waals surface area (Å²) in [5, 5.41) is 1.30. The lowest BCUT2D eigenvalue weighted by Gasteiger charge is -2.15. The molecule has 1 nitrogen and oxygen atoms in total. The molecule has 0 radical (unpaired) electrons. The minimum absolute atomic E-state index is 0.632. The lowest BCUT2D eigenvalue weighted by Crippen LogP contribution is -2.02. The third-order valence-corrected chi connectivity index (χ3v) is 3.81. The molecule has 1 unspecified atom stereocenters. The summed E-state index contributed by atoms with van der Waals surface area (Å²) in [6.07, 6.45) is 11.8. The van der Waals surface area contributed by atoms with Crippen molar-refractivity contribution in [2.75, 3.05) is 0 Å². The maximum Gasteiger partial charge on any atom is 0.0471 e. The highest BCUT2D eigenvalue weighted by Crippen LogP contribution is 2.31. The summed E-state index contributed by atoms with van der Waals surface area (Å²) < 4.78 is 0. The molecule has 1 aromatic heterocycles. The van der Waals surface area contributed by atoms with Crippen LogP contribution < -0.4 is 0 Å². The van der Waals surface area contributed by atoms with Gasteiger partial charge in [-0.05, 0) is 48.6 Å². The minimum atomic E-state index is 0.632. The second kappa shape index (κ2) is 6.62. The summed E-state index contributed by atoms with van der Waals surface area (Å²) in [6.45, 7) is 12.2. The molecule has 0 bridgehead atoms. The largest absolute Gasteiger partial charge is 0.355 e. The molecular weight excluding hydrogens is 254 g/mol. The molecule has 0 amide bonds. The van der Waals surface area contributed by atoms with Crippen molar-refractivity contribution in [2.24, 2.45) is 5.92 Å². The van der Waals surface area contributed by atoms with Gasteiger partial charge in [0.25, 0.3) is 0 Å². The lowest BCUT2D eigenvalue weighted by atomic mass is 9.89. The number of fused-ring (bicyclic) bond motifs is 2. The number of allylic oxidation sites excluding steroid dienone is 2. The van der Waals surface area contributed by atoms with Crippen LogP contribution in [0.15, 0.2) is 30.9 Å². The molecular formula is C20H25N. The smallest absolute Gasteiger partial charge is 0.0471 e. The molecule has 1 aromatic carbocycles. The van der Waals surface area contributed by atoms with E-state index >= 15 is 0 Å². The number of hydrogen-bond acceptors (Lipinski definition) is 0. The Kier molecular flexibility index (Phi) is 4.85. The van der Waals surface area contributed by atoms with Crippen LogP contribution in [0, 0.1) is 5.92 Å². The maximum atomic E-state index is 3.90. The zero-order valence-electron chi connectivity index (χ0n) is 13.5. The first-order valence-corrected chi connectivity index (χ1v) is 7.85. The van der Waals surface area contributed by atoms with Crippen molar-refractivity contribution in [3.8, 4) is 0 Å². The zero-order valence-corrected chi connectivity index (χ0v) is 13.5. The number of aromatic amines is 1. The van der Waals surface area contributed by atoms with Crippen molar-refractivity contribution in [3.63, 3.8) is 0 Å². The van der Waals surface area contributed by atoms with E-state index in [-0.39, 0.29) is 0 Å². The fraction of sp³-hybridized carbons (Fsp3) is 0.300. The van der Waals surface area contributed by atoms with E-state index in [1.807, 2.05) is 19.9 Å². The predicted octanol–water partition coefficient (Wildman–Crippen LogP) is 6.08. The summed E-state index contributed by atoms with van der Waals surface area (Å²) in [7, 11) is 0. The van der Waals surface area contributed by atoms with Gasteiger partial charge in [0.2, 0.25) is 0 Å². The van der Waals surface area contributed by atoms with Crippen molar-refractivity contribution < 1.29 is 0 Å². The van der Waals surface area contributed by atoms with Gasteiger partial charge in [-0.3, -0.25) is 0 Å². The number of benzene rings is 1. The molecule has 0 fully saturated rings. The quantitative estimate of drug-likeness (QED) is 0.686. The summed E-state index contributed by atoms with van der Waals surface area (Å²) in [4.78, 5) is 3.46. The highest BCUT2D eigenvalue weighted by atomic mass is 14.7. The highest BCUT2D eigenvalue weighted by Gasteiger charge is 2.14. The van der Waals surface area contributed by atoms with E-state index in [0.717, 1.165) is 12.1 Å². The predicted molar refractivity (Wildman–Crippen MR) is 96.3 cm³/mol. The maximum absolute atomic E-state index is 3.90. The average molecular weight is 279 g/mol. The van der Waals surface area contributed by atoms with Crippen LogP contribution in [-0.2, 0) is 6.42 Å². The van der Waals surface area contributed by atoms with Gasteiger partial charge in [-0.15, -0.1) is 0 Å². The Morgan fingerprint density at radius 2 is 2.05 bits per heavy atom. The van der Waals surface area contributed by atoms with Crippen LogP contribution in [0.25, 0.3) is 29.1 Å². The Balaban J connectivity index is 0.000000774. The van der Waals surface area contributed by atoms with Gasteiger partial charge in [0.15, 0.2) is 0 Å². The normalized spacial score (nSPS) is 16.7. The molecule has 0 saturated heterocycles. The van der Waals surface area contributed by atoms with Gasteiger partial charge in [-0.1, -0.05) is 51.7 Å². The van der Waals surface area contributed by atoms with Crippen LogP contribution in [0.3, 0.4) is 0 Å². The van der Waals surface area contributed by atoms with Crippen LogP contribution in [0.4, 0.5) is 0 Å². The van der Waals surface area contributed by atoms with Crippen molar-refractivity contribution in [3.05, 3.63) is 53.2 Å². The van der Waals surface area contributed by atoms with E-state index in [0.29, 0.717) is 5.92 Å². The zero-order chi connectivity index (χ0) is 15.4. The molecule has 2 aromatic rings. The summed E-state index contributed by atoms with van der Waals surface area (Å²) >= 11 is 0. The Bertz CT molecular complexity index is 698. The first-order chi connectivity index (χ1) is 10.2.